The Labute approximate surface area is 243 Å². The number of benzene rings is 3. The molecule has 6 aromatic rings. The second kappa shape index (κ2) is 11.6. The van der Waals surface area contributed by atoms with Crippen molar-refractivity contribution in [3.63, 3.8) is 0 Å². The number of nitrogen functional groups attached to an aromatic ring is 1. The number of nitrogens with zero attached hydrogens (tertiary/aromatic N) is 4. The zero-order valence-electron chi connectivity index (χ0n) is 23.1. The number of carbonyl (C=O) groups excluding carboxylic acids is 1. The molecule has 1 atom stereocenters. The van der Waals surface area contributed by atoms with Gasteiger partial charge in [-0.05, 0) is 79.5 Å². The number of fused-ring (bicyclic) bond motifs is 1. The number of hydrogen-bond donors (Lipinski definition) is 3. The highest BCUT2D eigenvalue weighted by Gasteiger charge is 2.19. The van der Waals surface area contributed by atoms with Crippen molar-refractivity contribution in [2.75, 3.05) is 12.3 Å². The van der Waals surface area contributed by atoms with Gasteiger partial charge in [0.15, 0.2) is 17.8 Å². The molecule has 0 aliphatic rings. The molecular weight excluding hydrogens is 524 g/mol. The van der Waals surface area contributed by atoms with Crippen LogP contribution in [0.1, 0.15) is 34.5 Å². The summed E-state index contributed by atoms with van der Waals surface area (Å²) in [7, 11) is 0. The first-order valence-electron chi connectivity index (χ1n) is 13.8. The summed E-state index contributed by atoms with van der Waals surface area (Å²) in [5.41, 5.74) is 13.8. The zero-order valence-corrected chi connectivity index (χ0v) is 23.1. The summed E-state index contributed by atoms with van der Waals surface area (Å²) in [6, 6.07) is 31.4. The van der Waals surface area contributed by atoms with Gasteiger partial charge in [0.25, 0.3) is 0 Å². The van der Waals surface area contributed by atoms with Crippen LogP contribution in [0.5, 0.6) is 5.75 Å². The SMILES string of the molecule is CC(NCCc1ccc(O)c(C=O)c1)c1ccc(-n2c(-c3cccnc3N)nc3ccc(-c4ccccc4)nc32)cc1. The van der Waals surface area contributed by atoms with E-state index in [-0.39, 0.29) is 11.8 Å². The van der Waals surface area contributed by atoms with Crippen molar-refractivity contribution >= 4 is 23.3 Å². The van der Waals surface area contributed by atoms with E-state index in [2.05, 4.69) is 41.5 Å². The van der Waals surface area contributed by atoms with E-state index in [0.717, 1.165) is 57.8 Å². The number of carbonyl (C=O) groups is 1. The Morgan fingerprint density at radius 1 is 0.952 bits per heavy atom. The maximum absolute atomic E-state index is 11.1. The zero-order chi connectivity index (χ0) is 29.1. The van der Waals surface area contributed by atoms with Crippen LogP contribution in [0.3, 0.4) is 0 Å². The molecule has 1 unspecified atom stereocenters. The summed E-state index contributed by atoms with van der Waals surface area (Å²) >= 11 is 0. The highest BCUT2D eigenvalue weighted by molar-refractivity contribution is 5.84. The van der Waals surface area contributed by atoms with Crippen LogP contribution >= 0.6 is 0 Å². The Morgan fingerprint density at radius 3 is 2.52 bits per heavy atom. The number of nitrogens with two attached hydrogens (primary N) is 1. The fourth-order valence-electron chi connectivity index (χ4n) is 5.08. The first kappa shape index (κ1) is 26.9. The van der Waals surface area contributed by atoms with Crippen molar-refractivity contribution in [2.24, 2.45) is 0 Å². The molecule has 0 aliphatic carbocycles. The van der Waals surface area contributed by atoms with Gasteiger partial charge in [-0.3, -0.25) is 9.36 Å². The van der Waals surface area contributed by atoms with Crippen molar-refractivity contribution in [1.82, 2.24) is 24.8 Å². The first-order chi connectivity index (χ1) is 20.5. The summed E-state index contributed by atoms with van der Waals surface area (Å²) in [5.74, 6) is 1.08. The fourth-order valence-corrected chi connectivity index (χ4v) is 5.08. The smallest absolute Gasteiger partial charge is 0.165 e. The molecule has 0 fully saturated rings. The van der Waals surface area contributed by atoms with Gasteiger partial charge in [0.1, 0.15) is 17.1 Å². The number of rotatable bonds is 9. The largest absolute Gasteiger partial charge is 0.507 e. The summed E-state index contributed by atoms with van der Waals surface area (Å²) in [5, 5.41) is 13.3. The average molecular weight is 555 g/mol. The van der Waals surface area contributed by atoms with E-state index in [9.17, 15) is 9.90 Å². The molecule has 208 valence electrons. The normalized spacial score (nSPS) is 11.9. The number of anilines is 1. The predicted molar refractivity (Wildman–Crippen MR) is 166 cm³/mol. The third kappa shape index (κ3) is 5.35. The molecule has 0 aliphatic heterocycles. The molecule has 8 heteroatoms. The lowest BCUT2D eigenvalue weighted by molar-refractivity contribution is 0.112. The number of aldehydes is 1. The lowest BCUT2D eigenvalue weighted by atomic mass is 10.1. The maximum atomic E-state index is 11.1. The third-order valence-corrected chi connectivity index (χ3v) is 7.39. The molecule has 6 rings (SSSR count). The molecule has 0 spiro atoms. The molecule has 8 nitrogen and oxygen atoms in total. The minimum absolute atomic E-state index is 0.00157. The first-order valence-corrected chi connectivity index (χ1v) is 13.8. The molecule has 0 saturated carbocycles. The van der Waals surface area contributed by atoms with Crippen LogP contribution < -0.4 is 11.1 Å². The van der Waals surface area contributed by atoms with Crippen molar-refractivity contribution in [3.8, 4) is 34.1 Å². The predicted octanol–water partition coefficient (Wildman–Crippen LogP) is 6.14. The number of nitrogens with one attached hydrogen (secondary N) is 1. The van der Waals surface area contributed by atoms with Gasteiger partial charge in [-0.25, -0.2) is 15.0 Å². The van der Waals surface area contributed by atoms with E-state index in [1.807, 2.05) is 65.2 Å². The number of pyridine rings is 2. The second-order valence-corrected chi connectivity index (χ2v) is 10.1. The standard InChI is InChI=1S/C34H30N6O2/c1-22(36-19-17-23-9-16-31(42)26(20-23)21-41)24-10-12-27(13-11-24)40-33(28-8-5-18-37-32(28)35)39-30-15-14-29(38-34(30)40)25-6-3-2-4-7-25/h2-16,18,20-22,36,42H,17,19H2,1H3,(H2,35,37). The van der Waals surface area contributed by atoms with Gasteiger partial charge in [0.05, 0.1) is 16.8 Å². The molecule has 0 amide bonds. The molecule has 4 N–H and O–H groups in total. The van der Waals surface area contributed by atoms with Crippen LogP contribution in [-0.2, 0) is 6.42 Å². The number of phenolic OH excluding ortho intramolecular Hbond substituents is 1. The third-order valence-electron chi connectivity index (χ3n) is 7.39. The molecule has 42 heavy (non-hydrogen) atoms. The van der Waals surface area contributed by atoms with E-state index >= 15 is 0 Å². The molecule has 3 heterocycles. The van der Waals surface area contributed by atoms with Crippen LogP contribution in [-0.4, -0.2) is 37.5 Å². The Kier molecular flexibility index (Phi) is 7.45. The molecule has 0 radical (unpaired) electrons. The average Bonchev–Trinajstić information content (AvgIpc) is 3.41. The lowest BCUT2D eigenvalue weighted by Crippen LogP contribution is -2.21. The molecule has 0 bridgehead atoms. The summed E-state index contributed by atoms with van der Waals surface area (Å²) in [6.45, 7) is 2.83. The minimum atomic E-state index is 0.00157. The number of hydrogen-bond acceptors (Lipinski definition) is 7. The summed E-state index contributed by atoms with van der Waals surface area (Å²) in [4.78, 5) is 25.4. The number of phenols is 1. The summed E-state index contributed by atoms with van der Waals surface area (Å²) < 4.78 is 2.03. The van der Waals surface area contributed by atoms with Crippen LogP contribution in [0, 0.1) is 0 Å². The van der Waals surface area contributed by atoms with Crippen molar-refractivity contribution < 1.29 is 9.90 Å². The van der Waals surface area contributed by atoms with E-state index < -0.39 is 0 Å². The minimum Gasteiger partial charge on any atom is -0.507 e. The van der Waals surface area contributed by atoms with Gasteiger partial charge in [-0.2, -0.15) is 0 Å². The Bertz CT molecular complexity index is 1870. The number of imidazole rings is 1. The lowest BCUT2D eigenvalue weighted by Gasteiger charge is -2.16. The fraction of sp³-hybridized carbons (Fsp3) is 0.118. The molecular formula is C34H30N6O2. The van der Waals surface area contributed by atoms with Crippen molar-refractivity contribution in [1.29, 1.82) is 0 Å². The van der Waals surface area contributed by atoms with Gasteiger partial charge in [-0.1, -0.05) is 48.5 Å². The van der Waals surface area contributed by atoms with Crippen LogP contribution in [0.4, 0.5) is 5.82 Å². The quantitative estimate of drug-likeness (QED) is 0.184. The van der Waals surface area contributed by atoms with Gasteiger partial charge in [0.2, 0.25) is 0 Å². The second-order valence-electron chi connectivity index (χ2n) is 10.1. The van der Waals surface area contributed by atoms with Gasteiger partial charge >= 0.3 is 0 Å². The van der Waals surface area contributed by atoms with Gasteiger partial charge in [-0.15, -0.1) is 0 Å². The van der Waals surface area contributed by atoms with E-state index in [0.29, 0.717) is 23.5 Å². The van der Waals surface area contributed by atoms with Crippen LogP contribution in [0.2, 0.25) is 0 Å². The van der Waals surface area contributed by atoms with Crippen LogP contribution in [0.25, 0.3) is 39.5 Å². The molecule has 3 aromatic carbocycles. The monoisotopic (exact) mass is 554 g/mol. The van der Waals surface area contributed by atoms with E-state index in [4.69, 9.17) is 15.7 Å². The maximum Gasteiger partial charge on any atom is 0.165 e. The topological polar surface area (TPSA) is 119 Å². The van der Waals surface area contributed by atoms with Crippen LogP contribution in [0.15, 0.2) is 103 Å². The molecule has 3 aromatic heterocycles. The Morgan fingerprint density at radius 2 is 1.76 bits per heavy atom. The van der Waals surface area contributed by atoms with Crippen molar-refractivity contribution in [2.45, 2.75) is 19.4 Å². The highest BCUT2D eigenvalue weighted by Crippen LogP contribution is 2.32. The Balaban J connectivity index is 1.30. The summed E-state index contributed by atoms with van der Waals surface area (Å²) in [6.07, 6.45) is 3.07. The Hall–Kier alpha value is -5.34. The number of aromatic nitrogens is 4. The molecule has 0 saturated heterocycles. The van der Waals surface area contributed by atoms with Crippen molar-refractivity contribution in [3.05, 3.63) is 120 Å². The van der Waals surface area contributed by atoms with Gasteiger partial charge < -0.3 is 16.2 Å². The number of aromatic hydroxyl groups is 1. The highest BCUT2D eigenvalue weighted by atomic mass is 16.3. The van der Waals surface area contributed by atoms with E-state index in [1.165, 1.54) is 0 Å². The van der Waals surface area contributed by atoms with E-state index in [1.54, 1.807) is 18.3 Å². The van der Waals surface area contributed by atoms with Gasteiger partial charge in [0, 0.05) is 23.5 Å².